The summed E-state index contributed by atoms with van der Waals surface area (Å²) in [6, 6.07) is 6.04. The van der Waals surface area contributed by atoms with Crippen LogP contribution in [-0.2, 0) is 0 Å². The molecule has 0 bridgehead atoms. The van der Waals surface area contributed by atoms with Crippen LogP contribution in [-0.4, -0.2) is 21.2 Å². The van der Waals surface area contributed by atoms with Crippen molar-refractivity contribution in [1.82, 2.24) is 0 Å². The van der Waals surface area contributed by atoms with E-state index in [1.807, 2.05) is 26.2 Å². The highest BCUT2D eigenvalue weighted by molar-refractivity contribution is 14.1. The molecule has 66 valence electrons. The van der Waals surface area contributed by atoms with E-state index in [4.69, 9.17) is 4.74 Å². The lowest BCUT2D eigenvalue weighted by atomic mass is 10.3. The van der Waals surface area contributed by atoms with Crippen molar-refractivity contribution < 1.29 is 4.74 Å². The van der Waals surface area contributed by atoms with Gasteiger partial charge >= 0.3 is 0 Å². The number of anilines is 1. The largest absolute Gasteiger partial charge is 0.496 e. The van der Waals surface area contributed by atoms with E-state index >= 15 is 0 Å². The predicted molar refractivity (Wildman–Crippen MR) is 60.0 cm³/mol. The van der Waals surface area contributed by atoms with Crippen LogP contribution in [0.15, 0.2) is 18.2 Å². The number of halogens is 1. The van der Waals surface area contributed by atoms with E-state index in [9.17, 15) is 0 Å². The number of benzene rings is 1. The van der Waals surface area contributed by atoms with Crippen LogP contribution in [0.1, 0.15) is 0 Å². The fourth-order valence-electron chi connectivity index (χ4n) is 1.00. The molecule has 0 aliphatic carbocycles. The molecule has 0 aliphatic heterocycles. The molecule has 0 aromatic heterocycles. The number of ether oxygens (including phenoxy) is 1. The van der Waals surface area contributed by atoms with Crippen LogP contribution in [0.25, 0.3) is 0 Å². The lowest BCUT2D eigenvalue weighted by molar-refractivity contribution is 0.412. The smallest absolute Gasteiger partial charge is 0.134 e. The molecule has 1 rings (SSSR count). The quantitative estimate of drug-likeness (QED) is 0.769. The van der Waals surface area contributed by atoms with Gasteiger partial charge in [0.05, 0.1) is 16.4 Å². The number of methoxy groups -OCH3 is 1. The van der Waals surface area contributed by atoms with Gasteiger partial charge in [-0.1, -0.05) is 6.07 Å². The first-order valence-corrected chi connectivity index (χ1v) is 4.74. The van der Waals surface area contributed by atoms with E-state index in [1.54, 1.807) is 7.11 Å². The molecule has 0 radical (unpaired) electrons. The molecule has 12 heavy (non-hydrogen) atoms. The summed E-state index contributed by atoms with van der Waals surface area (Å²) >= 11 is 2.29. The third kappa shape index (κ3) is 1.83. The van der Waals surface area contributed by atoms with Crippen LogP contribution in [0.5, 0.6) is 5.75 Å². The first kappa shape index (κ1) is 9.64. The molecule has 0 spiro atoms. The summed E-state index contributed by atoms with van der Waals surface area (Å²) in [6.45, 7) is 0. The highest BCUT2D eigenvalue weighted by atomic mass is 127. The van der Waals surface area contributed by atoms with E-state index in [2.05, 4.69) is 33.6 Å². The molecule has 1 aromatic carbocycles. The van der Waals surface area contributed by atoms with Gasteiger partial charge in [0.2, 0.25) is 0 Å². The lowest BCUT2D eigenvalue weighted by Gasteiger charge is -2.15. The highest BCUT2D eigenvalue weighted by Crippen LogP contribution is 2.29. The van der Waals surface area contributed by atoms with Gasteiger partial charge in [0.25, 0.3) is 0 Å². The van der Waals surface area contributed by atoms with Gasteiger partial charge in [-0.2, -0.15) is 0 Å². The molecule has 3 heteroatoms. The minimum atomic E-state index is 0.932. The maximum absolute atomic E-state index is 5.20. The Balaban J connectivity index is 3.14. The average Bonchev–Trinajstić information content (AvgIpc) is 2.04. The van der Waals surface area contributed by atoms with E-state index in [-0.39, 0.29) is 0 Å². The molecule has 0 heterocycles. The molecule has 0 atom stereocenters. The highest BCUT2D eigenvalue weighted by Gasteiger charge is 2.05. The molecule has 0 unspecified atom stereocenters. The molecule has 0 fully saturated rings. The Labute approximate surface area is 86.7 Å². The molecule has 0 N–H and O–H groups in total. The zero-order valence-corrected chi connectivity index (χ0v) is 9.62. The standard InChI is InChI=1S/C9H12INO/c1-11(2)7-5-4-6-8(12-3)9(7)10/h4-6H,1-3H3. The Morgan fingerprint density at radius 2 is 2.00 bits per heavy atom. The summed E-state index contributed by atoms with van der Waals surface area (Å²) in [4.78, 5) is 2.07. The Hall–Kier alpha value is -0.450. The van der Waals surface area contributed by atoms with E-state index in [0.717, 1.165) is 9.32 Å². The van der Waals surface area contributed by atoms with E-state index in [1.165, 1.54) is 5.69 Å². The summed E-state index contributed by atoms with van der Waals surface area (Å²) in [5.74, 6) is 0.932. The van der Waals surface area contributed by atoms with Crippen LogP contribution in [0, 0.1) is 3.57 Å². The van der Waals surface area contributed by atoms with Crippen molar-refractivity contribution in [3.63, 3.8) is 0 Å². The Kier molecular flexibility index (Phi) is 3.20. The zero-order chi connectivity index (χ0) is 9.14. The molecular weight excluding hydrogens is 265 g/mol. The van der Waals surface area contributed by atoms with Crippen molar-refractivity contribution in [2.75, 3.05) is 26.1 Å². The molecule has 1 aromatic rings. The summed E-state index contributed by atoms with van der Waals surface area (Å²) in [5.41, 5.74) is 1.19. The third-order valence-electron chi connectivity index (χ3n) is 1.64. The fourth-order valence-corrected chi connectivity index (χ4v) is 2.06. The van der Waals surface area contributed by atoms with Crippen molar-refractivity contribution in [2.45, 2.75) is 0 Å². The monoisotopic (exact) mass is 277 g/mol. The second-order valence-corrected chi connectivity index (χ2v) is 3.77. The Bertz CT molecular complexity index is 273. The number of hydrogen-bond donors (Lipinski definition) is 0. The molecule has 0 saturated heterocycles. The number of hydrogen-bond acceptors (Lipinski definition) is 2. The number of rotatable bonds is 2. The molecule has 0 amide bonds. The summed E-state index contributed by atoms with van der Waals surface area (Å²) in [7, 11) is 5.74. The number of nitrogens with zero attached hydrogens (tertiary/aromatic N) is 1. The van der Waals surface area contributed by atoms with Crippen molar-refractivity contribution in [2.24, 2.45) is 0 Å². The van der Waals surface area contributed by atoms with Gasteiger partial charge in [-0.15, -0.1) is 0 Å². The second kappa shape index (κ2) is 3.98. The third-order valence-corrected chi connectivity index (χ3v) is 2.73. The molecule has 0 aliphatic rings. The minimum absolute atomic E-state index is 0.932. The van der Waals surface area contributed by atoms with Crippen molar-refractivity contribution in [3.05, 3.63) is 21.8 Å². The second-order valence-electron chi connectivity index (χ2n) is 2.69. The first-order valence-electron chi connectivity index (χ1n) is 3.66. The van der Waals surface area contributed by atoms with Gasteiger partial charge in [-0.3, -0.25) is 0 Å². The minimum Gasteiger partial charge on any atom is -0.496 e. The van der Waals surface area contributed by atoms with Gasteiger partial charge in [0.15, 0.2) is 0 Å². The normalized spacial score (nSPS) is 9.67. The van der Waals surface area contributed by atoms with Gasteiger partial charge < -0.3 is 9.64 Å². The van der Waals surface area contributed by atoms with Crippen LogP contribution in [0.2, 0.25) is 0 Å². The van der Waals surface area contributed by atoms with Crippen molar-refractivity contribution >= 4 is 28.3 Å². The lowest BCUT2D eigenvalue weighted by Crippen LogP contribution is -2.10. The molecule has 2 nitrogen and oxygen atoms in total. The van der Waals surface area contributed by atoms with Crippen LogP contribution in [0.4, 0.5) is 5.69 Å². The van der Waals surface area contributed by atoms with Crippen molar-refractivity contribution in [3.8, 4) is 5.75 Å². The van der Waals surface area contributed by atoms with Gasteiger partial charge in [0.1, 0.15) is 5.75 Å². The fraction of sp³-hybridized carbons (Fsp3) is 0.333. The van der Waals surface area contributed by atoms with Crippen LogP contribution < -0.4 is 9.64 Å². The van der Waals surface area contributed by atoms with E-state index < -0.39 is 0 Å². The van der Waals surface area contributed by atoms with E-state index in [0.29, 0.717) is 0 Å². The molecule has 0 saturated carbocycles. The van der Waals surface area contributed by atoms with Crippen LogP contribution >= 0.6 is 22.6 Å². The Morgan fingerprint density at radius 1 is 1.33 bits per heavy atom. The van der Waals surface area contributed by atoms with Gasteiger partial charge in [0, 0.05) is 14.1 Å². The topological polar surface area (TPSA) is 12.5 Å². The van der Waals surface area contributed by atoms with Gasteiger partial charge in [-0.25, -0.2) is 0 Å². The zero-order valence-electron chi connectivity index (χ0n) is 7.47. The maximum Gasteiger partial charge on any atom is 0.134 e. The Morgan fingerprint density at radius 3 is 2.50 bits per heavy atom. The summed E-state index contributed by atoms with van der Waals surface area (Å²) in [6.07, 6.45) is 0. The van der Waals surface area contributed by atoms with Gasteiger partial charge in [-0.05, 0) is 34.7 Å². The summed E-state index contributed by atoms with van der Waals surface area (Å²) < 4.78 is 6.36. The van der Waals surface area contributed by atoms with Crippen LogP contribution in [0.3, 0.4) is 0 Å². The average molecular weight is 277 g/mol. The molecular formula is C9H12INO. The SMILES string of the molecule is COc1cccc(N(C)C)c1I. The summed E-state index contributed by atoms with van der Waals surface area (Å²) in [5, 5.41) is 0. The predicted octanol–water partition coefficient (Wildman–Crippen LogP) is 2.37. The maximum atomic E-state index is 5.20. The van der Waals surface area contributed by atoms with Crippen molar-refractivity contribution in [1.29, 1.82) is 0 Å². The first-order chi connectivity index (χ1) is 5.66.